The van der Waals surface area contributed by atoms with Crippen molar-refractivity contribution >= 4 is 33.1 Å². The molecule has 2 N–H and O–H groups in total. The van der Waals surface area contributed by atoms with Crippen molar-refractivity contribution in [3.63, 3.8) is 0 Å². The van der Waals surface area contributed by atoms with Crippen LogP contribution in [0.1, 0.15) is 0 Å². The van der Waals surface area contributed by atoms with E-state index in [2.05, 4.69) is 21.1 Å². The minimum atomic E-state index is -0.357. The molecule has 0 atom stereocenters. The van der Waals surface area contributed by atoms with Gasteiger partial charge in [-0.2, -0.15) is 0 Å². The molecule has 0 aliphatic rings. The number of halogens is 2. The highest BCUT2D eigenvalue weighted by Gasteiger charge is 2.21. The summed E-state index contributed by atoms with van der Waals surface area (Å²) in [5, 5.41) is 5.72. The summed E-state index contributed by atoms with van der Waals surface area (Å²) in [5.74, 6) is 0.407. The van der Waals surface area contributed by atoms with Gasteiger partial charge in [0.15, 0.2) is 11.6 Å². The average molecular weight is 339 g/mol. The fraction of sp³-hybridized carbons (Fsp3) is 0. The van der Waals surface area contributed by atoms with Gasteiger partial charge in [0.1, 0.15) is 5.82 Å². The van der Waals surface area contributed by atoms with Gasteiger partial charge in [-0.1, -0.05) is 17.3 Å². The van der Waals surface area contributed by atoms with Gasteiger partial charge >= 0.3 is 0 Å². The standard InChI is InChI=1S/C13H8BrFN2OS/c14-11-7(3-1-4-8(11)15)12-10(13(16)17-18-12)9-5-2-6-19-9/h1-6H,(H2,16,17). The molecule has 0 saturated carbocycles. The van der Waals surface area contributed by atoms with Gasteiger partial charge in [-0.05, 0) is 39.5 Å². The Balaban J connectivity index is 2.25. The van der Waals surface area contributed by atoms with E-state index in [0.29, 0.717) is 27.2 Å². The van der Waals surface area contributed by atoms with Crippen molar-refractivity contribution in [1.82, 2.24) is 5.16 Å². The average Bonchev–Trinajstić information content (AvgIpc) is 3.02. The molecule has 6 heteroatoms. The van der Waals surface area contributed by atoms with Gasteiger partial charge in [-0.3, -0.25) is 0 Å². The second-order valence-electron chi connectivity index (χ2n) is 3.85. The molecule has 19 heavy (non-hydrogen) atoms. The Bertz CT molecular complexity index is 724. The maximum atomic E-state index is 13.6. The van der Waals surface area contributed by atoms with E-state index in [1.807, 2.05) is 17.5 Å². The lowest BCUT2D eigenvalue weighted by Crippen LogP contribution is -1.88. The van der Waals surface area contributed by atoms with Crippen LogP contribution in [0.3, 0.4) is 0 Å². The molecule has 0 unspecified atom stereocenters. The van der Waals surface area contributed by atoms with Crippen molar-refractivity contribution in [1.29, 1.82) is 0 Å². The number of rotatable bonds is 2. The first kappa shape index (κ1) is 12.4. The van der Waals surface area contributed by atoms with E-state index in [4.69, 9.17) is 10.3 Å². The Labute approximate surface area is 121 Å². The van der Waals surface area contributed by atoms with Gasteiger partial charge in [0.25, 0.3) is 0 Å². The molecule has 0 saturated heterocycles. The smallest absolute Gasteiger partial charge is 0.178 e. The zero-order chi connectivity index (χ0) is 13.4. The van der Waals surface area contributed by atoms with Crippen LogP contribution in [0.4, 0.5) is 10.2 Å². The molecule has 2 heterocycles. The van der Waals surface area contributed by atoms with Crippen LogP contribution in [0, 0.1) is 5.82 Å². The first-order valence-corrected chi connectivity index (χ1v) is 7.09. The zero-order valence-corrected chi connectivity index (χ0v) is 12.0. The molecule has 3 nitrogen and oxygen atoms in total. The number of aromatic nitrogens is 1. The summed E-state index contributed by atoms with van der Waals surface area (Å²) in [7, 11) is 0. The molecule has 3 aromatic rings. The van der Waals surface area contributed by atoms with Crippen molar-refractivity contribution in [2.75, 3.05) is 5.73 Å². The summed E-state index contributed by atoms with van der Waals surface area (Å²) in [6.07, 6.45) is 0. The van der Waals surface area contributed by atoms with Crippen molar-refractivity contribution in [2.45, 2.75) is 0 Å². The monoisotopic (exact) mass is 338 g/mol. The summed E-state index contributed by atoms with van der Waals surface area (Å²) in [6.45, 7) is 0. The number of benzene rings is 1. The number of anilines is 1. The van der Waals surface area contributed by atoms with Gasteiger partial charge in [0.2, 0.25) is 0 Å². The van der Waals surface area contributed by atoms with Crippen LogP contribution in [-0.2, 0) is 0 Å². The lowest BCUT2D eigenvalue weighted by atomic mass is 10.1. The lowest BCUT2D eigenvalue weighted by Gasteiger charge is -2.03. The molecule has 0 spiro atoms. The molecule has 96 valence electrons. The van der Waals surface area contributed by atoms with Crippen molar-refractivity contribution in [3.05, 3.63) is 46.0 Å². The van der Waals surface area contributed by atoms with E-state index in [0.717, 1.165) is 4.88 Å². The first-order valence-electron chi connectivity index (χ1n) is 5.42. The molecular weight excluding hydrogens is 331 g/mol. The summed E-state index contributed by atoms with van der Waals surface area (Å²) >= 11 is 4.75. The van der Waals surface area contributed by atoms with E-state index in [9.17, 15) is 4.39 Å². The predicted molar refractivity (Wildman–Crippen MR) is 77.3 cm³/mol. The number of hydrogen-bond donors (Lipinski definition) is 1. The Morgan fingerprint density at radius 3 is 2.84 bits per heavy atom. The highest BCUT2D eigenvalue weighted by atomic mass is 79.9. The SMILES string of the molecule is Nc1noc(-c2cccc(F)c2Br)c1-c1cccs1. The zero-order valence-electron chi connectivity index (χ0n) is 9.56. The van der Waals surface area contributed by atoms with E-state index in [1.165, 1.54) is 17.4 Å². The van der Waals surface area contributed by atoms with Crippen LogP contribution >= 0.6 is 27.3 Å². The molecular formula is C13H8BrFN2OS. The largest absolute Gasteiger partial charge is 0.380 e. The predicted octanol–water partition coefficient (Wildman–Crippen LogP) is 4.55. The van der Waals surface area contributed by atoms with Crippen molar-refractivity contribution < 1.29 is 8.91 Å². The molecule has 0 aliphatic heterocycles. The first-order chi connectivity index (χ1) is 9.18. The topological polar surface area (TPSA) is 52.0 Å². The Hall–Kier alpha value is -1.66. The number of nitrogens with two attached hydrogens (primary N) is 1. The van der Waals surface area contributed by atoms with Crippen LogP contribution in [0.2, 0.25) is 0 Å². The van der Waals surface area contributed by atoms with Crippen LogP contribution < -0.4 is 5.73 Å². The number of nitrogens with zero attached hydrogens (tertiary/aromatic N) is 1. The maximum Gasteiger partial charge on any atom is 0.178 e. The fourth-order valence-electron chi connectivity index (χ4n) is 1.82. The van der Waals surface area contributed by atoms with E-state index >= 15 is 0 Å². The second kappa shape index (κ2) is 4.79. The highest BCUT2D eigenvalue weighted by Crippen LogP contribution is 2.41. The second-order valence-corrected chi connectivity index (χ2v) is 5.59. The van der Waals surface area contributed by atoms with Crippen molar-refractivity contribution in [3.8, 4) is 21.8 Å². The molecule has 0 fully saturated rings. The fourth-order valence-corrected chi connectivity index (χ4v) is 3.04. The number of hydrogen-bond acceptors (Lipinski definition) is 4. The van der Waals surface area contributed by atoms with E-state index in [1.54, 1.807) is 12.1 Å². The molecule has 0 bridgehead atoms. The third-order valence-electron chi connectivity index (χ3n) is 2.68. The van der Waals surface area contributed by atoms with Crippen LogP contribution in [-0.4, -0.2) is 5.16 Å². The van der Waals surface area contributed by atoms with Crippen LogP contribution in [0.5, 0.6) is 0 Å². The van der Waals surface area contributed by atoms with Gasteiger partial charge in [0.05, 0.1) is 10.0 Å². The maximum absolute atomic E-state index is 13.6. The van der Waals surface area contributed by atoms with Gasteiger partial charge in [-0.25, -0.2) is 4.39 Å². The Morgan fingerprint density at radius 1 is 1.26 bits per heavy atom. The third kappa shape index (κ3) is 2.06. The minimum Gasteiger partial charge on any atom is -0.380 e. The molecule has 2 aromatic heterocycles. The van der Waals surface area contributed by atoms with E-state index < -0.39 is 0 Å². The number of thiophene rings is 1. The van der Waals surface area contributed by atoms with Gasteiger partial charge in [-0.15, -0.1) is 11.3 Å². The Morgan fingerprint density at radius 2 is 2.11 bits per heavy atom. The molecule has 3 rings (SSSR count). The number of nitrogen functional groups attached to an aromatic ring is 1. The van der Waals surface area contributed by atoms with Crippen LogP contribution in [0.25, 0.3) is 21.8 Å². The summed E-state index contributed by atoms with van der Waals surface area (Å²) in [6, 6.07) is 8.58. The van der Waals surface area contributed by atoms with Crippen molar-refractivity contribution in [2.24, 2.45) is 0 Å². The highest BCUT2D eigenvalue weighted by molar-refractivity contribution is 9.10. The third-order valence-corrected chi connectivity index (χ3v) is 4.38. The summed E-state index contributed by atoms with van der Waals surface area (Å²) in [5.41, 5.74) is 7.14. The molecule has 1 aromatic carbocycles. The normalized spacial score (nSPS) is 10.8. The molecule has 0 aliphatic carbocycles. The summed E-state index contributed by atoms with van der Waals surface area (Å²) in [4.78, 5) is 0.935. The molecule has 0 amide bonds. The lowest BCUT2D eigenvalue weighted by molar-refractivity contribution is 0.435. The quantitative estimate of drug-likeness (QED) is 0.745. The summed E-state index contributed by atoms with van der Waals surface area (Å²) < 4.78 is 19.2. The molecule has 0 radical (unpaired) electrons. The minimum absolute atomic E-state index is 0.300. The van der Waals surface area contributed by atoms with Gasteiger partial charge < -0.3 is 10.3 Å². The van der Waals surface area contributed by atoms with E-state index in [-0.39, 0.29) is 5.82 Å². The Kier molecular flexibility index (Phi) is 3.12. The van der Waals surface area contributed by atoms with Crippen LogP contribution in [0.15, 0.2) is 44.7 Å². The van der Waals surface area contributed by atoms with Gasteiger partial charge in [0, 0.05) is 10.4 Å².